The third-order valence-corrected chi connectivity index (χ3v) is 9.00. The molecule has 0 aliphatic heterocycles. The van der Waals surface area contributed by atoms with E-state index in [1.165, 1.54) is 0 Å². The van der Waals surface area contributed by atoms with E-state index in [1.54, 1.807) is 0 Å². The minimum absolute atomic E-state index is 0.567. The Hall–Kier alpha value is 0.350. The van der Waals surface area contributed by atoms with Crippen molar-refractivity contribution in [2.24, 2.45) is 0 Å². The summed E-state index contributed by atoms with van der Waals surface area (Å²) in [6.07, 6.45) is 0. The number of hydrogen-bond donors (Lipinski definition) is 4. The van der Waals surface area contributed by atoms with E-state index >= 15 is 0 Å². The van der Waals surface area contributed by atoms with E-state index in [-0.39, 0.29) is 0 Å². The highest BCUT2D eigenvalue weighted by atomic mass is 32.3. The van der Waals surface area contributed by atoms with Gasteiger partial charge in [-0.15, -0.1) is 0 Å². The van der Waals surface area contributed by atoms with Crippen molar-refractivity contribution in [2.75, 3.05) is 7.11 Å². The molecule has 20 heavy (non-hydrogen) atoms. The molecule has 4 unspecified atom stereocenters. The topological polar surface area (TPSA) is 193 Å². The summed E-state index contributed by atoms with van der Waals surface area (Å²) in [5.74, 6) is 0. The van der Waals surface area contributed by atoms with Crippen LogP contribution in [0.5, 0.6) is 0 Å². The molecule has 122 valence electrons. The van der Waals surface area contributed by atoms with Crippen LogP contribution < -0.4 is 0 Å². The summed E-state index contributed by atoms with van der Waals surface area (Å²) in [6.45, 7) is 0. The lowest BCUT2D eigenvalue weighted by Gasteiger charge is -2.24. The lowest BCUT2D eigenvalue weighted by atomic mass is 10.5. The summed E-state index contributed by atoms with van der Waals surface area (Å²) >= 11 is -13.1. The van der Waals surface area contributed by atoms with Gasteiger partial charge in [0.05, 0.1) is 7.11 Å². The van der Waals surface area contributed by atoms with E-state index in [1.807, 2.05) is 0 Å². The summed E-state index contributed by atoms with van der Waals surface area (Å²) in [6, 6.07) is 0. The lowest BCUT2D eigenvalue weighted by Crippen LogP contribution is -2.51. The summed E-state index contributed by atoms with van der Waals surface area (Å²) in [7, 11) is -4.38. The van der Waals surface area contributed by atoms with Gasteiger partial charge in [-0.05, 0) is 0 Å². The van der Waals surface area contributed by atoms with Gasteiger partial charge in [0.1, 0.15) is 5.25 Å². The minimum Gasteiger partial charge on any atom is -0.305 e. The molecule has 0 aromatic heterocycles. The quantitative estimate of drug-likeness (QED) is 0.259. The monoisotopic (exact) mass is 394 g/mol. The van der Waals surface area contributed by atoms with Crippen molar-refractivity contribution >= 4 is 54.4 Å². The summed E-state index contributed by atoms with van der Waals surface area (Å²) in [5, 5.41) is -2.64. The van der Waals surface area contributed by atoms with Gasteiger partial charge in [-0.2, -0.15) is 8.42 Å². The molecule has 16 heteroatoms. The smallest absolute Gasteiger partial charge is 0.274 e. The molecule has 0 aromatic carbocycles. The molecule has 0 saturated carbocycles. The first kappa shape index (κ1) is 20.3. The van der Waals surface area contributed by atoms with E-state index in [9.17, 15) is 25.3 Å². The molecule has 4 N–H and O–H groups in total. The molecular weight excluding hydrogens is 384 g/mol. The Morgan fingerprint density at radius 2 is 1.05 bits per heavy atom. The highest BCUT2D eigenvalue weighted by Gasteiger charge is 2.51. The van der Waals surface area contributed by atoms with E-state index in [0.29, 0.717) is 7.11 Å². The highest BCUT2D eigenvalue weighted by molar-refractivity contribution is 8.03. The predicted molar refractivity (Wildman–Crippen MR) is 70.4 cm³/mol. The van der Waals surface area contributed by atoms with Crippen LogP contribution in [-0.4, -0.2) is 65.0 Å². The van der Waals surface area contributed by atoms with Crippen LogP contribution in [0.1, 0.15) is 0 Å². The fourth-order valence-corrected chi connectivity index (χ4v) is 7.72. The Balaban J connectivity index is 6.22. The Labute approximate surface area is 123 Å². The lowest BCUT2D eigenvalue weighted by molar-refractivity contribution is 0.386. The maximum atomic E-state index is 11.6. The van der Waals surface area contributed by atoms with Crippen LogP contribution in [0.25, 0.3) is 0 Å². The molecule has 0 spiro atoms. The Bertz CT molecular complexity index is 477. The van der Waals surface area contributed by atoms with E-state index in [4.69, 9.17) is 18.2 Å². The first-order valence-electron chi connectivity index (χ1n) is 4.15. The molecule has 11 nitrogen and oxygen atoms in total. The second-order valence-electron chi connectivity index (χ2n) is 2.97. The predicted octanol–water partition coefficient (Wildman–Crippen LogP) is -2.13. The first-order valence-corrected chi connectivity index (χ1v) is 10.3. The van der Waals surface area contributed by atoms with Crippen molar-refractivity contribution in [3.05, 3.63) is 0 Å². The van der Waals surface area contributed by atoms with Crippen molar-refractivity contribution in [2.45, 2.75) is 14.4 Å². The zero-order valence-corrected chi connectivity index (χ0v) is 13.5. The SMILES string of the molecule is COS(=O)(=O)C(C(S(=O)O)S(=O)O)C(S(=O)O)S(=O)O. The minimum atomic E-state index is -4.95. The molecule has 0 aliphatic rings. The fourth-order valence-electron chi connectivity index (χ4n) is 1.11. The van der Waals surface area contributed by atoms with Gasteiger partial charge in [0.25, 0.3) is 10.1 Å². The molecule has 4 atom stereocenters. The largest absolute Gasteiger partial charge is 0.305 e. The standard InChI is InChI=1S/C4H10O11S5/c1-15-20(13,14)2(3(16(5)6)17(7)8)4(18(9)10)19(11)12/h2-4H,1H3,(H,5,6)(H,7,8)(H,9,10)(H,11,12). The molecule has 0 bridgehead atoms. The van der Waals surface area contributed by atoms with Crippen molar-refractivity contribution in [1.29, 1.82) is 0 Å². The highest BCUT2D eigenvalue weighted by Crippen LogP contribution is 2.23. The van der Waals surface area contributed by atoms with Gasteiger partial charge in [0, 0.05) is 0 Å². The van der Waals surface area contributed by atoms with E-state index in [0.717, 1.165) is 0 Å². The molecule has 0 saturated heterocycles. The van der Waals surface area contributed by atoms with Gasteiger partial charge in [-0.3, -0.25) is 4.18 Å². The Morgan fingerprint density at radius 3 is 1.20 bits per heavy atom. The molecule has 0 heterocycles. The zero-order chi connectivity index (χ0) is 16.2. The van der Waals surface area contributed by atoms with Crippen LogP contribution in [0.4, 0.5) is 0 Å². The average molecular weight is 394 g/mol. The fraction of sp³-hybridized carbons (Fsp3) is 1.00. The van der Waals surface area contributed by atoms with Crippen molar-refractivity contribution in [3.8, 4) is 0 Å². The molecule has 0 rings (SSSR count). The van der Waals surface area contributed by atoms with Crippen LogP contribution in [0.2, 0.25) is 0 Å². The van der Waals surface area contributed by atoms with Gasteiger partial charge < -0.3 is 18.2 Å². The number of rotatable bonds is 8. The second-order valence-corrected chi connectivity index (χ2v) is 9.67. The van der Waals surface area contributed by atoms with Crippen LogP contribution >= 0.6 is 0 Å². The van der Waals surface area contributed by atoms with Crippen LogP contribution in [0.3, 0.4) is 0 Å². The van der Waals surface area contributed by atoms with E-state index < -0.39 is 68.9 Å². The maximum Gasteiger partial charge on any atom is 0.274 e. The average Bonchev–Trinajstić information content (AvgIpc) is 2.25. The Kier molecular flexibility index (Phi) is 8.25. The Morgan fingerprint density at radius 1 is 0.800 bits per heavy atom. The molecule has 0 aliphatic carbocycles. The van der Waals surface area contributed by atoms with Crippen molar-refractivity contribution < 1.29 is 47.6 Å². The molecule has 0 aromatic rings. The number of hydrogen-bond acceptors (Lipinski definition) is 7. The zero-order valence-electron chi connectivity index (χ0n) is 9.42. The molecule has 0 fully saturated rings. The third-order valence-electron chi connectivity index (χ3n) is 1.90. The second kappa shape index (κ2) is 8.11. The molecular formula is C4H10O11S5. The summed E-state index contributed by atoms with van der Waals surface area (Å²) < 4.78 is 101. The van der Waals surface area contributed by atoms with Gasteiger partial charge in [-0.1, -0.05) is 0 Å². The summed E-state index contributed by atoms with van der Waals surface area (Å²) in [5.41, 5.74) is 0. The van der Waals surface area contributed by atoms with Gasteiger partial charge in [-0.25, -0.2) is 16.8 Å². The van der Waals surface area contributed by atoms with Gasteiger partial charge in [0.2, 0.25) is 0 Å². The van der Waals surface area contributed by atoms with E-state index in [2.05, 4.69) is 4.18 Å². The first-order chi connectivity index (χ1) is 8.97. The molecule has 0 radical (unpaired) electrons. The summed E-state index contributed by atoms with van der Waals surface area (Å²) in [4.78, 5) is 0. The van der Waals surface area contributed by atoms with Crippen LogP contribution in [0, 0.1) is 0 Å². The molecule has 0 amide bonds. The third kappa shape index (κ3) is 4.97. The van der Waals surface area contributed by atoms with Gasteiger partial charge >= 0.3 is 0 Å². The normalized spacial score (nSPS) is 23.2. The van der Waals surface area contributed by atoms with Crippen LogP contribution in [0.15, 0.2) is 0 Å². The van der Waals surface area contributed by atoms with Crippen molar-refractivity contribution in [1.82, 2.24) is 0 Å². The van der Waals surface area contributed by atoms with Gasteiger partial charge in [0.15, 0.2) is 53.5 Å². The maximum absolute atomic E-state index is 11.6. The van der Waals surface area contributed by atoms with Crippen molar-refractivity contribution in [3.63, 3.8) is 0 Å². The van der Waals surface area contributed by atoms with Crippen LogP contribution in [-0.2, 0) is 58.6 Å².